The van der Waals surface area contributed by atoms with Crippen molar-refractivity contribution in [2.75, 3.05) is 32.1 Å². The Morgan fingerprint density at radius 3 is 2.80 bits per heavy atom. The van der Waals surface area contributed by atoms with Gasteiger partial charge < -0.3 is 19.7 Å². The maximum absolute atomic E-state index is 12.1. The van der Waals surface area contributed by atoms with E-state index >= 15 is 0 Å². The Labute approximate surface area is 154 Å². The Bertz CT molecular complexity index is 658. The van der Waals surface area contributed by atoms with E-state index in [4.69, 9.17) is 9.47 Å². The highest BCUT2D eigenvalue weighted by Gasteiger charge is 2.26. The van der Waals surface area contributed by atoms with E-state index in [2.05, 4.69) is 21.2 Å². The van der Waals surface area contributed by atoms with Gasteiger partial charge in [0.05, 0.1) is 6.54 Å². The number of carbonyl (C=O) groups excluding carboxylic acids is 3. The minimum absolute atomic E-state index is 0.133. The highest BCUT2D eigenvalue weighted by molar-refractivity contribution is 9.10. The van der Waals surface area contributed by atoms with Crippen molar-refractivity contribution < 1.29 is 23.9 Å². The molecule has 0 saturated carbocycles. The van der Waals surface area contributed by atoms with Crippen molar-refractivity contribution in [1.29, 1.82) is 0 Å². The summed E-state index contributed by atoms with van der Waals surface area (Å²) in [4.78, 5) is 37.0. The molecule has 1 aliphatic heterocycles. The number of esters is 1. The number of anilines is 1. The van der Waals surface area contributed by atoms with Gasteiger partial charge in [0.1, 0.15) is 0 Å². The fraction of sp³-hybridized carbons (Fsp3) is 0.471. The summed E-state index contributed by atoms with van der Waals surface area (Å²) in [5.74, 6) is -1.31. The Hall–Kier alpha value is -1.93. The zero-order chi connectivity index (χ0) is 18.4. The van der Waals surface area contributed by atoms with Crippen LogP contribution in [-0.4, -0.2) is 55.6 Å². The summed E-state index contributed by atoms with van der Waals surface area (Å²) < 4.78 is 11.1. The smallest absolute Gasteiger partial charge is 0.335 e. The molecular weight excluding hydrogens is 392 g/mol. The van der Waals surface area contributed by atoms with Gasteiger partial charge >= 0.3 is 5.97 Å². The average Bonchev–Trinajstić information content (AvgIpc) is 3.09. The number of likely N-dealkylation sites (N-methyl/N-ethyl adjacent to an activating group) is 1. The molecule has 136 valence electrons. The number of carbonyl (C=O) groups is 3. The SMILES string of the molecule is Cc1cc(Br)ccc1NC(=O)CN(C)C(=O)COC(=O)[C@@H]1CCCO1. The topological polar surface area (TPSA) is 84.9 Å². The van der Waals surface area contributed by atoms with Crippen LogP contribution in [0.5, 0.6) is 0 Å². The Morgan fingerprint density at radius 1 is 1.40 bits per heavy atom. The van der Waals surface area contributed by atoms with Crippen molar-refractivity contribution in [3.63, 3.8) is 0 Å². The highest BCUT2D eigenvalue weighted by Crippen LogP contribution is 2.20. The van der Waals surface area contributed by atoms with Crippen LogP contribution in [0.2, 0.25) is 0 Å². The number of aryl methyl sites for hydroxylation is 1. The number of hydrogen-bond donors (Lipinski definition) is 1. The number of amides is 2. The summed E-state index contributed by atoms with van der Waals surface area (Å²) in [7, 11) is 1.48. The molecule has 2 rings (SSSR count). The lowest BCUT2D eigenvalue weighted by molar-refractivity contribution is -0.159. The molecule has 1 aliphatic rings. The first-order chi connectivity index (χ1) is 11.9. The molecule has 0 aromatic heterocycles. The minimum Gasteiger partial charge on any atom is -0.454 e. The van der Waals surface area contributed by atoms with Crippen LogP contribution < -0.4 is 5.32 Å². The predicted octanol–water partition coefficient (Wildman–Crippen LogP) is 1.88. The van der Waals surface area contributed by atoms with Crippen LogP contribution >= 0.6 is 15.9 Å². The highest BCUT2D eigenvalue weighted by atomic mass is 79.9. The summed E-state index contributed by atoms with van der Waals surface area (Å²) in [5, 5.41) is 2.75. The first-order valence-corrected chi connectivity index (χ1v) is 8.74. The third-order valence-electron chi connectivity index (χ3n) is 3.80. The normalized spacial score (nSPS) is 16.4. The van der Waals surface area contributed by atoms with Crippen LogP contribution in [-0.2, 0) is 23.9 Å². The third kappa shape index (κ3) is 5.82. The van der Waals surface area contributed by atoms with Gasteiger partial charge in [-0.15, -0.1) is 0 Å². The Balaban J connectivity index is 1.77. The molecule has 1 atom stereocenters. The van der Waals surface area contributed by atoms with Gasteiger partial charge in [-0.25, -0.2) is 4.79 Å². The maximum Gasteiger partial charge on any atom is 0.335 e. The number of halogens is 1. The van der Waals surface area contributed by atoms with Crippen LogP contribution in [0.3, 0.4) is 0 Å². The molecule has 2 amide bonds. The quantitative estimate of drug-likeness (QED) is 0.720. The second-order valence-corrected chi connectivity index (χ2v) is 6.78. The molecule has 1 heterocycles. The first-order valence-electron chi connectivity index (χ1n) is 7.95. The Morgan fingerprint density at radius 2 is 2.16 bits per heavy atom. The molecule has 0 spiro atoms. The van der Waals surface area contributed by atoms with Crippen LogP contribution in [0.1, 0.15) is 18.4 Å². The molecule has 0 aliphatic carbocycles. The monoisotopic (exact) mass is 412 g/mol. The minimum atomic E-state index is -0.582. The zero-order valence-corrected chi connectivity index (χ0v) is 15.8. The van der Waals surface area contributed by atoms with Crippen molar-refractivity contribution >= 4 is 39.4 Å². The lowest BCUT2D eigenvalue weighted by atomic mass is 10.2. The van der Waals surface area contributed by atoms with Gasteiger partial charge in [0.15, 0.2) is 12.7 Å². The standard InChI is InChI=1S/C17H21BrN2O5/c1-11-8-12(18)5-6-13(11)19-15(21)9-20(2)16(22)10-25-17(23)14-4-3-7-24-14/h5-6,8,14H,3-4,7,9-10H2,1-2H3,(H,19,21)/t14-/m0/s1. The molecule has 1 saturated heterocycles. The number of rotatable bonds is 6. The largest absolute Gasteiger partial charge is 0.454 e. The number of ether oxygens (including phenoxy) is 2. The molecule has 0 radical (unpaired) electrons. The molecule has 0 unspecified atom stereocenters. The molecule has 0 bridgehead atoms. The van der Waals surface area contributed by atoms with Crippen molar-refractivity contribution in [2.45, 2.75) is 25.9 Å². The number of nitrogens with one attached hydrogen (secondary N) is 1. The van der Waals surface area contributed by atoms with Gasteiger partial charge in [-0.05, 0) is 43.5 Å². The van der Waals surface area contributed by atoms with Gasteiger partial charge in [-0.2, -0.15) is 0 Å². The van der Waals surface area contributed by atoms with E-state index in [1.54, 1.807) is 6.07 Å². The molecule has 8 heteroatoms. The summed E-state index contributed by atoms with van der Waals surface area (Å²) in [6.45, 7) is 1.87. The van der Waals surface area contributed by atoms with E-state index in [9.17, 15) is 14.4 Å². The molecule has 7 nitrogen and oxygen atoms in total. The van der Waals surface area contributed by atoms with Crippen LogP contribution in [0.25, 0.3) is 0 Å². The number of hydrogen-bond acceptors (Lipinski definition) is 5. The lowest BCUT2D eigenvalue weighted by Crippen LogP contribution is -2.38. The fourth-order valence-electron chi connectivity index (χ4n) is 2.36. The first kappa shape index (κ1) is 19.4. The van der Waals surface area contributed by atoms with E-state index in [1.165, 1.54) is 11.9 Å². The van der Waals surface area contributed by atoms with E-state index in [-0.39, 0.29) is 12.5 Å². The second kappa shape index (κ2) is 8.96. The zero-order valence-electron chi connectivity index (χ0n) is 14.2. The molecular formula is C17H21BrN2O5. The maximum atomic E-state index is 12.1. The molecule has 1 aromatic rings. The van der Waals surface area contributed by atoms with Crippen molar-refractivity contribution in [2.24, 2.45) is 0 Å². The van der Waals surface area contributed by atoms with Crippen molar-refractivity contribution in [1.82, 2.24) is 4.90 Å². The van der Waals surface area contributed by atoms with Gasteiger partial charge in [-0.1, -0.05) is 15.9 Å². The second-order valence-electron chi connectivity index (χ2n) is 5.87. The van der Waals surface area contributed by atoms with Crippen molar-refractivity contribution in [3.8, 4) is 0 Å². The van der Waals surface area contributed by atoms with Crippen LogP contribution in [0, 0.1) is 6.92 Å². The fourth-order valence-corrected chi connectivity index (χ4v) is 2.84. The number of benzene rings is 1. The van der Waals surface area contributed by atoms with E-state index in [0.29, 0.717) is 18.7 Å². The van der Waals surface area contributed by atoms with Gasteiger partial charge in [0.25, 0.3) is 5.91 Å². The summed E-state index contributed by atoms with van der Waals surface area (Å²) in [5.41, 5.74) is 1.58. The molecule has 1 aromatic carbocycles. The van der Waals surface area contributed by atoms with E-state index < -0.39 is 24.6 Å². The van der Waals surface area contributed by atoms with Gasteiger partial charge in [0.2, 0.25) is 5.91 Å². The molecule has 1 N–H and O–H groups in total. The molecule has 1 fully saturated rings. The van der Waals surface area contributed by atoms with Gasteiger partial charge in [0, 0.05) is 23.8 Å². The number of nitrogens with zero attached hydrogens (tertiary/aromatic N) is 1. The Kier molecular flexibility index (Phi) is 6.95. The third-order valence-corrected chi connectivity index (χ3v) is 4.29. The average molecular weight is 413 g/mol. The summed E-state index contributed by atoms with van der Waals surface area (Å²) in [6, 6.07) is 5.49. The van der Waals surface area contributed by atoms with Gasteiger partial charge in [-0.3, -0.25) is 9.59 Å². The summed E-state index contributed by atoms with van der Waals surface area (Å²) in [6.07, 6.45) is 0.836. The van der Waals surface area contributed by atoms with E-state index in [0.717, 1.165) is 16.5 Å². The predicted molar refractivity (Wildman–Crippen MR) is 95.1 cm³/mol. The van der Waals surface area contributed by atoms with Crippen LogP contribution in [0.15, 0.2) is 22.7 Å². The van der Waals surface area contributed by atoms with Crippen molar-refractivity contribution in [3.05, 3.63) is 28.2 Å². The molecule has 25 heavy (non-hydrogen) atoms. The summed E-state index contributed by atoms with van der Waals surface area (Å²) >= 11 is 3.36. The van der Waals surface area contributed by atoms with E-state index in [1.807, 2.05) is 19.1 Å². The lowest BCUT2D eigenvalue weighted by Gasteiger charge is -2.18. The van der Waals surface area contributed by atoms with Crippen LogP contribution in [0.4, 0.5) is 5.69 Å².